The van der Waals surface area contributed by atoms with Crippen LogP contribution in [0.2, 0.25) is 0 Å². The Bertz CT molecular complexity index is 1110. The fourth-order valence-corrected chi connectivity index (χ4v) is 5.63. The molecule has 2 aliphatic carbocycles. The number of rotatable bonds is 17. The molecule has 0 aliphatic heterocycles. The number of halogens is 5. The summed E-state index contributed by atoms with van der Waals surface area (Å²) in [5, 5.41) is 0. The highest BCUT2D eigenvalue weighted by atomic mass is 19.3. The van der Waals surface area contributed by atoms with E-state index in [1.165, 1.54) is 44.2 Å². The molecular weight excluding hydrogens is 525 g/mol. The zero-order valence-corrected chi connectivity index (χ0v) is 23.6. The van der Waals surface area contributed by atoms with Gasteiger partial charge in [-0.25, -0.2) is 13.2 Å². The molecule has 222 valence electrons. The third-order valence-corrected chi connectivity index (χ3v) is 8.17. The van der Waals surface area contributed by atoms with Crippen LogP contribution in [0.4, 0.5) is 22.0 Å². The summed E-state index contributed by atoms with van der Waals surface area (Å²) in [5.41, 5.74) is -1.26. The van der Waals surface area contributed by atoms with Gasteiger partial charge in [0.15, 0.2) is 11.6 Å². The van der Waals surface area contributed by atoms with Gasteiger partial charge in [0.1, 0.15) is 0 Å². The van der Waals surface area contributed by atoms with E-state index in [-0.39, 0.29) is 36.6 Å². The second kappa shape index (κ2) is 14.5. The summed E-state index contributed by atoms with van der Waals surface area (Å²) in [6.45, 7) is 2.70. The molecule has 0 bridgehead atoms. The molecule has 1 atom stereocenters. The van der Waals surface area contributed by atoms with E-state index in [9.17, 15) is 8.78 Å². The van der Waals surface area contributed by atoms with Crippen molar-refractivity contribution < 1.29 is 31.4 Å². The molecule has 1 unspecified atom stereocenters. The Kier molecular flexibility index (Phi) is 11.1. The van der Waals surface area contributed by atoms with Gasteiger partial charge in [0, 0.05) is 11.6 Å². The third kappa shape index (κ3) is 7.88. The van der Waals surface area contributed by atoms with Crippen LogP contribution in [0.1, 0.15) is 119 Å². The van der Waals surface area contributed by atoms with Gasteiger partial charge in [-0.3, -0.25) is 0 Å². The van der Waals surface area contributed by atoms with Crippen LogP contribution < -0.4 is 9.47 Å². The normalized spacial score (nSPS) is 18.0. The maximum Gasteiger partial charge on any atom is 0.284 e. The van der Waals surface area contributed by atoms with Gasteiger partial charge in [0.2, 0.25) is 17.6 Å². The molecule has 40 heavy (non-hydrogen) atoms. The lowest BCUT2D eigenvalue weighted by Crippen LogP contribution is -2.32. The van der Waals surface area contributed by atoms with Crippen molar-refractivity contribution in [3.05, 3.63) is 52.5 Å². The Morgan fingerprint density at radius 3 is 2.23 bits per heavy atom. The van der Waals surface area contributed by atoms with Crippen LogP contribution in [-0.4, -0.2) is 18.2 Å². The second-order valence-electron chi connectivity index (χ2n) is 11.4. The van der Waals surface area contributed by atoms with Crippen molar-refractivity contribution in [1.82, 2.24) is 4.98 Å². The summed E-state index contributed by atoms with van der Waals surface area (Å²) in [4.78, 5) is 3.63. The second-order valence-corrected chi connectivity index (χ2v) is 11.4. The van der Waals surface area contributed by atoms with E-state index in [2.05, 4.69) is 11.9 Å². The number of unbranched alkanes of at least 4 members (excludes halogenated alkanes) is 8. The van der Waals surface area contributed by atoms with Gasteiger partial charge in [-0.05, 0) is 43.2 Å². The zero-order chi connectivity index (χ0) is 28.5. The third-order valence-electron chi connectivity index (χ3n) is 8.17. The summed E-state index contributed by atoms with van der Waals surface area (Å²) in [6, 6.07) is 3.68. The number of alkyl halides is 2. The van der Waals surface area contributed by atoms with Gasteiger partial charge in [-0.2, -0.15) is 13.8 Å². The number of hydrogen-bond acceptors (Lipinski definition) is 3. The minimum absolute atomic E-state index is 0.0271. The lowest BCUT2D eigenvalue weighted by atomic mass is 9.77. The molecule has 0 spiro atoms. The predicted octanol–water partition coefficient (Wildman–Crippen LogP) is 9.80. The smallest absolute Gasteiger partial charge is 0.284 e. The van der Waals surface area contributed by atoms with Gasteiger partial charge >= 0.3 is 0 Å². The van der Waals surface area contributed by atoms with Crippen molar-refractivity contribution in [3.8, 4) is 11.6 Å². The van der Waals surface area contributed by atoms with Crippen molar-refractivity contribution in [3.63, 3.8) is 0 Å². The summed E-state index contributed by atoms with van der Waals surface area (Å²) >= 11 is 0. The number of aromatic nitrogens is 1. The van der Waals surface area contributed by atoms with Crippen LogP contribution in [0.3, 0.4) is 0 Å². The number of pyridine rings is 1. The number of ether oxygens (including phenoxy) is 2. The van der Waals surface area contributed by atoms with Crippen molar-refractivity contribution >= 4 is 0 Å². The maximum atomic E-state index is 15.6. The average Bonchev–Trinajstić information content (AvgIpc) is 3.74. The first kappa shape index (κ1) is 30.6. The fourth-order valence-electron chi connectivity index (χ4n) is 5.63. The Hall–Kier alpha value is -2.38. The fraction of sp³-hybridized carbons (Fsp3) is 0.656. The molecule has 1 aromatic carbocycles. The largest absolute Gasteiger partial charge is 0.490 e. The van der Waals surface area contributed by atoms with E-state index < -0.39 is 40.5 Å². The molecule has 1 aromatic heterocycles. The summed E-state index contributed by atoms with van der Waals surface area (Å²) in [6.07, 6.45) is 14.0. The van der Waals surface area contributed by atoms with Crippen LogP contribution in [0, 0.1) is 23.5 Å². The highest BCUT2D eigenvalue weighted by Crippen LogP contribution is 2.51. The topological polar surface area (TPSA) is 31.4 Å². The monoisotopic (exact) mass is 567 g/mol. The molecule has 1 saturated carbocycles. The molecule has 1 fully saturated rings. The van der Waals surface area contributed by atoms with Gasteiger partial charge in [-0.15, -0.1) is 0 Å². The van der Waals surface area contributed by atoms with Crippen LogP contribution >= 0.6 is 0 Å². The van der Waals surface area contributed by atoms with Crippen molar-refractivity contribution in [2.24, 2.45) is 5.92 Å². The van der Waals surface area contributed by atoms with Crippen LogP contribution in [0.15, 0.2) is 18.2 Å². The summed E-state index contributed by atoms with van der Waals surface area (Å²) in [5.74, 6) is -8.90. The van der Waals surface area contributed by atoms with Crippen LogP contribution in [-0.2, 0) is 12.3 Å². The number of hydrogen-bond donors (Lipinski definition) is 0. The Labute approximate surface area is 234 Å². The number of benzene rings is 1. The molecule has 0 radical (unpaired) electrons. The SMILES string of the molecule is CCCCCCCCOc1cc2c(c(F)n1)C(F)(F)C(c1ccc(OCCCCCCC3CC3)c(F)c1F)CC2. The van der Waals surface area contributed by atoms with Gasteiger partial charge in [0.25, 0.3) is 5.92 Å². The van der Waals surface area contributed by atoms with Crippen molar-refractivity contribution in [2.75, 3.05) is 13.2 Å². The zero-order valence-electron chi connectivity index (χ0n) is 23.6. The highest BCUT2D eigenvalue weighted by molar-refractivity contribution is 5.42. The number of aryl methyl sites for hydroxylation is 1. The Morgan fingerprint density at radius 1 is 0.825 bits per heavy atom. The minimum Gasteiger partial charge on any atom is -0.490 e. The van der Waals surface area contributed by atoms with E-state index in [0.29, 0.717) is 13.0 Å². The first-order valence-electron chi connectivity index (χ1n) is 15.1. The average molecular weight is 568 g/mol. The lowest BCUT2D eigenvalue weighted by molar-refractivity contribution is -0.0487. The molecule has 2 aliphatic rings. The lowest BCUT2D eigenvalue weighted by Gasteiger charge is -2.34. The summed E-state index contributed by atoms with van der Waals surface area (Å²) in [7, 11) is 0. The molecule has 2 aromatic rings. The molecule has 1 heterocycles. The molecule has 4 rings (SSSR count). The standard InChI is InChI=1S/C32H42F5NO2/c1-2-3-4-5-7-11-20-40-27-21-23-15-17-25(32(36,37)28(23)31(35)38-27)24-16-18-26(30(34)29(24)33)39-19-10-8-6-9-12-22-13-14-22/h16,18,21-22,25H,2-15,17,19-20H2,1H3. The highest BCUT2D eigenvalue weighted by Gasteiger charge is 2.50. The Balaban J connectivity index is 1.34. The molecule has 8 heteroatoms. The number of nitrogens with zero attached hydrogens (tertiary/aromatic N) is 1. The summed E-state index contributed by atoms with van der Waals surface area (Å²) < 4.78 is 86.9. The first-order valence-corrected chi connectivity index (χ1v) is 15.1. The molecule has 0 saturated heterocycles. The molecular formula is C32H42F5NO2. The molecule has 3 nitrogen and oxygen atoms in total. The molecule has 0 amide bonds. The Morgan fingerprint density at radius 2 is 1.50 bits per heavy atom. The van der Waals surface area contributed by atoms with Gasteiger partial charge < -0.3 is 9.47 Å². The van der Waals surface area contributed by atoms with E-state index >= 15 is 13.2 Å². The van der Waals surface area contributed by atoms with Crippen LogP contribution in [0.5, 0.6) is 11.6 Å². The van der Waals surface area contributed by atoms with Crippen LogP contribution in [0.25, 0.3) is 0 Å². The van der Waals surface area contributed by atoms with Crippen molar-refractivity contribution in [1.29, 1.82) is 0 Å². The predicted molar refractivity (Wildman–Crippen MR) is 146 cm³/mol. The van der Waals surface area contributed by atoms with E-state index in [4.69, 9.17) is 9.47 Å². The van der Waals surface area contributed by atoms with E-state index in [1.54, 1.807) is 0 Å². The number of fused-ring (bicyclic) bond motifs is 1. The first-order chi connectivity index (χ1) is 19.3. The molecule has 0 N–H and O–H groups in total. The van der Waals surface area contributed by atoms with Crippen molar-refractivity contribution in [2.45, 2.75) is 115 Å². The quantitative estimate of drug-likeness (QED) is 0.108. The van der Waals surface area contributed by atoms with Gasteiger partial charge in [0.05, 0.1) is 24.7 Å². The van der Waals surface area contributed by atoms with Gasteiger partial charge in [-0.1, -0.05) is 83.6 Å². The van der Waals surface area contributed by atoms with E-state index in [1.807, 2.05) is 0 Å². The minimum atomic E-state index is -3.77. The maximum absolute atomic E-state index is 15.6. The van der Waals surface area contributed by atoms with E-state index in [0.717, 1.165) is 56.9 Å².